The van der Waals surface area contributed by atoms with E-state index in [1.54, 1.807) is 46.6 Å². The Labute approximate surface area is 230 Å². The molecule has 1 unspecified atom stereocenters. The third kappa shape index (κ3) is 6.63. The van der Waals surface area contributed by atoms with Crippen molar-refractivity contribution >= 4 is 24.2 Å². The normalized spacial score (nSPS) is 17.1. The number of hydrogen-bond donors (Lipinski definition) is 1. The van der Waals surface area contributed by atoms with Crippen LogP contribution in [0.15, 0.2) is 30.3 Å². The van der Waals surface area contributed by atoms with Crippen LogP contribution in [0.25, 0.3) is 0 Å². The van der Waals surface area contributed by atoms with E-state index >= 15 is 0 Å². The number of methoxy groups -OCH3 is 4. The summed E-state index contributed by atoms with van der Waals surface area (Å²) >= 11 is 0. The second-order valence-electron chi connectivity index (χ2n) is 9.45. The highest BCUT2D eigenvalue weighted by molar-refractivity contribution is 5.94. The van der Waals surface area contributed by atoms with Gasteiger partial charge in [0.05, 0.1) is 34.4 Å². The largest absolute Gasteiger partial charge is 0.493 e. The van der Waals surface area contributed by atoms with E-state index in [2.05, 4.69) is 10.2 Å². The number of amides is 2. The molecule has 9 nitrogen and oxygen atoms in total. The average Bonchev–Trinajstić information content (AvgIpc) is 2.95. The predicted octanol–water partition coefficient (Wildman–Crippen LogP) is 3.17. The van der Waals surface area contributed by atoms with Gasteiger partial charge in [-0.15, -0.1) is 12.4 Å². The second kappa shape index (κ2) is 13.6. The number of likely N-dealkylation sites (tertiary alicyclic amines) is 1. The summed E-state index contributed by atoms with van der Waals surface area (Å²) in [4.78, 5) is 30.3. The first kappa shape index (κ1) is 29.4. The minimum absolute atomic E-state index is 0. The van der Waals surface area contributed by atoms with Gasteiger partial charge >= 0.3 is 0 Å². The summed E-state index contributed by atoms with van der Waals surface area (Å²) in [5.41, 5.74) is 2.84. The summed E-state index contributed by atoms with van der Waals surface area (Å²) in [6, 6.07) is 9.12. The van der Waals surface area contributed by atoms with Gasteiger partial charge < -0.3 is 34.1 Å². The van der Waals surface area contributed by atoms with E-state index < -0.39 is 0 Å². The lowest BCUT2D eigenvalue weighted by Gasteiger charge is -2.37. The third-order valence-corrected chi connectivity index (χ3v) is 7.24. The van der Waals surface area contributed by atoms with Gasteiger partial charge in [-0.2, -0.15) is 0 Å². The van der Waals surface area contributed by atoms with Crippen LogP contribution in [0.2, 0.25) is 0 Å². The summed E-state index contributed by atoms with van der Waals surface area (Å²) in [6.07, 6.45) is 2.66. The first-order chi connectivity index (χ1) is 18.0. The van der Waals surface area contributed by atoms with Gasteiger partial charge in [0.15, 0.2) is 23.0 Å². The van der Waals surface area contributed by atoms with Gasteiger partial charge in [-0.25, -0.2) is 0 Å². The van der Waals surface area contributed by atoms with Gasteiger partial charge in [-0.1, -0.05) is 0 Å². The number of hydrogen-bond acceptors (Lipinski definition) is 7. The van der Waals surface area contributed by atoms with Crippen molar-refractivity contribution in [2.75, 3.05) is 61.2 Å². The predicted molar refractivity (Wildman–Crippen MR) is 147 cm³/mol. The van der Waals surface area contributed by atoms with Crippen molar-refractivity contribution in [2.45, 2.75) is 25.8 Å². The van der Waals surface area contributed by atoms with Crippen molar-refractivity contribution < 1.29 is 28.5 Å². The average molecular weight is 548 g/mol. The molecule has 2 amide bonds. The molecule has 2 heterocycles. The third-order valence-electron chi connectivity index (χ3n) is 7.24. The molecule has 0 saturated carbocycles. The zero-order valence-electron chi connectivity index (χ0n) is 22.6. The first-order valence-electron chi connectivity index (χ1n) is 12.7. The molecule has 10 heteroatoms. The maximum absolute atomic E-state index is 13.4. The monoisotopic (exact) mass is 547 g/mol. The number of nitrogens with zero attached hydrogens (tertiary/aromatic N) is 2. The van der Waals surface area contributed by atoms with Crippen molar-refractivity contribution in [2.24, 2.45) is 5.92 Å². The lowest BCUT2D eigenvalue weighted by atomic mass is 9.93. The molecule has 4 rings (SSSR count). The highest BCUT2D eigenvalue weighted by Gasteiger charge is 2.31. The zero-order chi connectivity index (χ0) is 26.4. The van der Waals surface area contributed by atoms with E-state index in [0.29, 0.717) is 55.5 Å². The first-order valence-corrected chi connectivity index (χ1v) is 12.7. The lowest BCUT2D eigenvalue weighted by molar-refractivity contribution is -0.138. The van der Waals surface area contributed by atoms with Gasteiger partial charge in [0.1, 0.15) is 0 Å². The van der Waals surface area contributed by atoms with Crippen LogP contribution in [0.5, 0.6) is 23.0 Å². The molecular formula is C28H38ClN3O6. The Balaban J connectivity index is 0.00000400. The lowest BCUT2D eigenvalue weighted by Crippen LogP contribution is -2.47. The molecule has 2 aromatic carbocycles. The van der Waals surface area contributed by atoms with Gasteiger partial charge in [0.2, 0.25) is 5.91 Å². The van der Waals surface area contributed by atoms with Gasteiger partial charge in [-0.3, -0.25) is 9.59 Å². The van der Waals surface area contributed by atoms with Crippen molar-refractivity contribution in [3.63, 3.8) is 0 Å². The minimum atomic E-state index is -0.162. The van der Waals surface area contributed by atoms with Crippen LogP contribution in [0.4, 0.5) is 0 Å². The summed E-state index contributed by atoms with van der Waals surface area (Å²) < 4.78 is 21.4. The van der Waals surface area contributed by atoms with Crippen molar-refractivity contribution in [1.82, 2.24) is 15.1 Å². The molecule has 0 bridgehead atoms. The standard InChI is InChI=1S/C28H37N3O6.ClH/c1-34-23-8-7-20(15-24(23)35-2)27(32)29-10-13-30-11-5-6-21(17-30)28(33)31-12-9-19-14-25(36-3)26(37-4)16-22(19)18-31;/h7-8,14-16,21H,5-6,9-13,17-18H2,1-4H3,(H,29,32);1H. The Hall–Kier alpha value is -3.17. The van der Waals surface area contributed by atoms with Gasteiger partial charge in [0.25, 0.3) is 5.91 Å². The number of rotatable bonds is 9. The van der Waals surface area contributed by atoms with Crippen molar-refractivity contribution in [3.8, 4) is 23.0 Å². The number of halogens is 1. The smallest absolute Gasteiger partial charge is 0.251 e. The molecule has 2 aromatic rings. The Bertz CT molecular complexity index is 1130. The SMILES string of the molecule is COc1ccc(C(=O)NCCN2CCCC(C(=O)N3CCc4cc(OC)c(OC)cc4C3)C2)cc1OC.Cl. The van der Waals surface area contributed by atoms with Crippen LogP contribution in [0, 0.1) is 5.92 Å². The number of carbonyl (C=O) groups is 2. The molecule has 0 aliphatic carbocycles. The molecule has 2 aliphatic heterocycles. The maximum atomic E-state index is 13.4. The van der Waals surface area contributed by atoms with Gasteiger partial charge in [-0.05, 0) is 67.3 Å². The molecule has 0 spiro atoms. The quantitative estimate of drug-likeness (QED) is 0.516. The number of fused-ring (bicyclic) bond motifs is 1. The highest BCUT2D eigenvalue weighted by atomic mass is 35.5. The van der Waals surface area contributed by atoms with E-state index in [0.717, 1.165) is 37.1 Å². The molecular weight excluding hydrogens is 510 g/mol. The molecule has 38 heavy (non-hydrogen) atoms. The molecule has 1 fully saturated rings. The second-order valence-corrected chi connectivity index (χ2v) is 9.45. The highest BCUT2D eigenvalue weighted by Crippen LogP contribution is 2.34. The van der Waals surface area contributed by atoms with Crippen LogP contribution in [0.1, 0.15) is 34.3 Å². The van der Waals surface area contributed by atoms with Crippen LogP contribution < -0.4 is 24.3 Å². The summed E-state index contributed by atoms with van der Waals surface area (Å²) in [7, 11) is 6.37. The summed E-state index contributed by atoms with van der Waals surface area (Å²) in [5.74, 6) is 2.53. The fourth-order valence-corrected chi connectivity index (χ4v) is 5.20. The van der Waals surface area contributed by atoms with Crippen LogP contribution in [-0.2, 0) is 17.8 Å². The molecule has 208 valence electrons. The topological polar surface area (TPSA) is 89.6 Å². The molecule has 2 aliphatic rings. The molecule has 0 aromatic heterocycles. The van der Waals surface area contributed by atoms with Crippen molar-refractivity contribution in [1.29, 1.82) is 0 Å². The number of benzene rings is 2. The zero-order valence-corrected chi connectivity index (χ0v) is 23.4. The Kier molecular flexibility index (Phi) is 10.5. The molecule has 1 N–H and O–H groups in total. The number of carbonyl (C=O) groups excluding carboxylic acids is 2. The summed E-state index contributed by atoms with van der Waals surface area (Å²) in [5, 5.41) is 2.98. The van der Waals surface area contributed by atoms with E-state index in [4.69, 9.17) is 18.9 Å². The molecule has 0 radical (unpaired) electrons. The molecule has 1 atom stereocenters. The summed E-state index contributed by atoms with van der Waals surface area (Å²) in [6.45, 7) is 4.14. The fourth-order valence-electron chi connectivity index (χ4n) is 5.20. The Morgan fingerprint density at radius 2 is 1.55 bits per heavy atom. The number of piperidine rings is 1. The van der Waals surface area contributed by atoms with Crippen LogP contribution in [0.3, 0.4) is 0 Å². The van der Waals surface area contributed by atoms with Crippen LogP contribution in [-0.4, -0.2) is 82.8 Å². The Morgan fingerprint density at radius 1 is 0.895 bits per heavy atom. The van der Waals surface area contributed by atoms with E-state index in [-0.39, 0.29) is 30.1 Å². The molecule has 1 saturated heterocycles. The fraction of sp³-hybridized carbons (Fsp3) is 0.500. The maximum Gasteiger partial charge on any atom is 0.251 e. The Morgan fingerprint density at radius 3 is 2.24 bits per heavy atom. The minimum Gasteiger partial charge on any atom is -0.493 e. The number of nitrogens with one attached hydrogen (secondary N) is 1. The van der Waals surface area contributed by atoms with Gasteiger partial charge in [0, 0.05) is 38.3 Å². The number of ether oxygens (including phenoxy) is 4. The van der Waals surface area contributed by atoms with E-state index in [9.17, 15) is 9.59 Å². The van der Waals surface area contributed by atoms with Crippen molar-refractivity contribution in [3.05, 3.63) is 47.0 Å². The van der Waals surface area contributed by atoms with Crippen LogP contribution >= 0.6 is 12.4 Å². The van der Waals surface area contributed by atoms with E-state index in [1.165, 1.54) is 5.56 Å². The van der Waals surface area contributed by atoms with E-state index in [1.807, 2.05) is 17.0 Å².